The van der Waals surface area contributed by atoms with Crippen molar-refractivity contribution in [1.29, 1.82) is 0 Å². The Labute approximate surface area is 142 Å². The highest BCUT2D eigenvalue weighted by Gasteiger charge is 2.30. The van der Waals surface area contributed by atoms with E-state index < -0.39 is 0 Å². The largest absolute Gasteiger partial charge is 0.469 e. The third-order valence-electron chi connectivity index (χ3n) is 5.44. The summed E-state index contributed by atoms with van der Waals surface area (Å²) in [6.45, 7) is 3.19. The van der Waals surface area contributed by atoms with E-state index in [9.17, 15) is 9.59 Å². The van der Waals surface area contributed by atoms with Crippen LogP contribution in [-0.4, -0.2) is 41.9 Å². The van der Waals surface area contributed by atoms with E-state index in [0.717, 1.165) is 32.1 Å². The average molecular weight is 333 g/mol. The van der Waals surface area contributed by atoms with Gasteiger partial charge in [0, 0.05) is 31.6 Å². The number of rotatable bonds is 4. The molecule has 6 nitrogen and oxygen atoms in total. The summed E-state index contributed by atoms with van der Waals surface area (Å²) >= 11 is 0. The van der Waals surface area contributed by atoms with Gasteiger partial charge in [0.1, 0.15) is 5.76 Å². The summed E-state index contributed by atoms with van der Waals surface area (Å²) in [7, 11) is 0. The second-order valence-electron chi connectivity index (χ2n) is 7.08. The zero-order chi connectivity index (χ0) is 17.1. The molecule has 0 bridgehead atoms. The van der Waals surface area contributed by atoms with Gasteiger partial charge < -0.3 is 20.4 Å². The maximum absolute atomic E-state index is 12.4. The van der Waals surface area contributed by atoms with Crippen LogP contribution >= 0.6 is 0 Å². The van der Waals surface area contributed by atoms with Crippen molar-refractivity contribution in [2.24, 2.45) is 11.7 Å². The van der Waals surface area contributed by atoms with Crippen molar-refractivity contribution in [2.75, 3.05) is 13.1 Å². The Morgan fingerprint density at radius 3 is 2.62 bits per heavy atom. The molecule has 2 atom stereocenters. The molecule has 24 heavy (non-hydrogen) atoms. The molecule has 132 valence electrons. The summed E-state index contributed by atoms with van der Waals surface area (Å²) in [4.78, 5) is 26.6. The number of hydrogen-bond acceptors (Lipinski definition) is 4. The van der Waals surface area contributed by atoms with Crippen molar-refractivity contribution >= 4 is 11.8 Å². The Morgan fingerprint density at radius 2 is 2.04 bits per heavy atom. The first-order valence-corrected chi connectivity index (χ1v) is 8.93. The zero-order valence-corrected chi connectivity index (χ0v) is 14.3. The number of hydrogen-bond donors (Lipinski definition) is 2. The maximum Gasteiger partial charge on any atom is 0.255 e. The standard InChI is InChI=1S/C18H27N3O3/c1-12-15(7-10-24-12)18(23)20-14-5-8-21(9-6-14)17(22)11-13-3-2-4-16(13)19/h7,10,13-14,16H,2-6,8-9,11,19H2,1H3,(H,20,23)/t13-,16+/m0/s1. The van der Waals surface area contributed by atoms with E-state index in [1.54, 1.807) is 13.0 Å². The highest BCUT2D eigenvalue weighted by atomic mass is 16.3. The molecule has 0 aromatic carbocycles. The van der Waals surface area contributed by atoms with Crippen molar-refractivity contribution < 1.29 is 14.0 Å². The van der Waals surface area contributed by atoms with Crippen LogP contribution in [0.3, 0.4) is 0 Å². The molecule has 2 amide bonds. The third-order valence-corrected chi connectivity index (χ3v) is 5.44. The second-order valence-corrected chi connectivity index (χ2v) is 7.08. The molecular formula is C18H27N3O3. The Kier molecular flexibility index (Phi) is 5.23. The van der Waals surface area contributed by atoms with Gasteiger partial charge in [0.15, 0.2) is 0 Å². The van der Waals surface area contributed by atoms with Crippen LogP contribution in [0.2, 0.25) is 0 Å². The van der Waals surface area contributed by atoms with Crippen molar-refractivity contribution in [1.82, 2.24) is 10.2 Å². The molecule has 1 aliphatic heterocycles. The van der Waals surface area contributed by atoms with Gasteiger partial charge in [-0.15, -0.1) is 0 Å². The molecule has 0 unspecified atom stereocenters. The van der Waals surface area contributed by atoms with Gasteiger partial charge in [-0.05, 0) is 44.6 Å². The molecule has 0 spiro atoms. The molecule has 1 aromatic heterocycles. The van der Waals surface area contributed by atoms with E-state index in [-0.39, 0.29) is 23.9 Å². The van der Waals surface area contributed by atoms with Gasteiger partial charge in [0.05, 0.1) is 11.8 Å². The van der Waals surface area contributed by atoms with Crippen molar-refractivity contribution in [2.45, 2.75) is 57.5 Å². The molecule has 3 N–H and O–H groups in total. The highest BCUT2D eigenvalue weighted by molar-refractivity contribution is 5.95. The van der Waals surface area contributed by atoms with Gasteiger partial charge in [0.25, 0.3) is 5.91 Å². The summed E-state index contributed by atoms with van der Waals surface area (Å²) in [6, 6.07) is 1.99. The van der Waals surface area contributed by atoms with Crippen LogP contribution in [0.25, 0.3) is 0 Å². The number of carbonyl (C=O) groups excluding carboxylic acids is 2. The predicted molar refractivity (Wildman–Crippen MR) is 90.4 cm³/mol. The van der Waals surface area contributed by atoms with Gasteiger partial charge >= 0.3 is 0 Å². The molecule has 1 aromatic rings. The monoisotopic (exact) mass is 333 g/mol. The number of likely N-dealkylation sites (tertiary alicyclic amines) is 1. The Hall–Kier alpha value is -1.82. The van der Waals surface area contributed by atoms with Gasteiger partial charge in [-0.1, -0.05) is 6.42 Å². The summed E-state index contributed by atoms with van der Waals surface area (Å²) in [5.41, 5.74) is 6.65. The molecule has 2 heterocycles. The van der Waals surface area contributed by atoms with E-state index in [1.165, 1.54) is 6.26 Å². The summed E-state index contributed by atoms with van der Waals surface area (Å²) in [5.74, 6) is 1.10. The van der Waals surface area contributed by atoms with Crippen LogP contribution < -0.4 is 11.1 Å². The van der Waals surface area contributed by atoms with Crippen molar-refractivity contribution in [3.05, 3.63) is 23.7 Å². The average Bonchev–Trinajstić information content (AvgIpc) is 3.17. The van der Waals surface area contributed by atoms with E-state index in [4.69, 9.17) is 10.2 Å². The van der Waals surface area contributed by atoms with Crippen LogP contribution in [0, 0.1) is 12.8 Å². The van der Waals surface area contributed by atoms with Crippen LogP contribution in [0.4, 0.5) is 0 Å². The molecule has 2 fully saturated rings. The highest BCUT2D eigenvalue weighted by Crippen LogP contribution is 2.28. The topological polar surface area (TPSA) is 88.6 Å². The molecule has 1 saturated heterocycles. The summed E-state index contributed by atoms with van der Waals surface area (Å²) in [6.07, 6.45) is 6.95. The van der Waals surface area contributed by atoms with E-state index in [1.807, 2.05) is 4.90 Å². The molecule has 2 aliphatic rings. The lowest BCUT2D eigenvalue weighted by Gasteiger charge is -2.33. The van der Waals surface area contributed by atoms with Crippen molar-refractivity contribution in [3.63, 3.8) is 0 Å². The van der Waals surface area contributed by atoms with Crippen LogP contribution in [0.5, 0.6) is 0 Å². The number of nitrogens with zero attached hydrogens (tertiary/aromatic N) is 1. The lowest BCUT2D eigenvalue weighted by atomic mass is 9.98. The predicted octanol–water partition coefficient (Wildman–Crippen LogP) is 1.83. The minimum Gasteiger partial charge on any atom is -0.469 e. The van der Waals surface area contributed by atoms with E-state index in [0.29, 0.717) is 36.8 Å². The number of amides is 2. The van der Waals surface area contributed by atoms with Gasteiger partial charge in [-0.25, -0.2) is 0 Å². The number of furan rings is 1. The van der Waals surface area contributed by atoms with Gasteiger partial charge in [-0.3, -0.25) is 9.59 Å². The van der Waals surface area contributed by atoms with Crippen molar-refractivity contribution in [3.8, 4) is 0 Å². The number of nitrogens with two attached hydrogens (primary N) is 1. The zero-order valence-electron chi connectivity index (χ0n) is 14.3. The fourth-order valence-corrected chi connectivity index (χ4v) is 3.83. The fraction of sp³-hybridized carbons (Fsp3) is 0.667. The second kappa shape index (κ2) is 7.38. The minimum atomic E-state index is -0.0945. The number of carbonyl (C=O) groups is 2. The van der Waals surface area contributed by atoms with Crippen LogP contribution in [0.1, 0.15) is 54.6 Å². The summed E-state index contributed by atoms with van der Waals surface area (Å²) < 4.78 is 5.17. The quantitative estimate of drug-likeness (QED) is 0.880. The van der Waals surface area contributed by atoms with E-state index in [2.05, 4.69) is 5.32 Å². The first kappa shape index (κ1) is 17.0. The van der Waals surface area contributed by atoms with Crippen LogP contribution in [-0.2, 0) is 4.79 Å². The fourth-order valence-electron chi connectivity index (χ4n) is 3.83. The Morgan fingerprint density at radius 1 is 1.29 bits per heavy atom. The summed E-state index contributed by atoms with van der Waals surface area (Å²) in [5, 5.41) is 3.04. The van der Waals surface area contributed by atoms with Crippen LogP contribution in [0.15, 0.2) is 16.7 Å². The lowest BCUT2D eigenvalue weighted by molar-refractivity contribution is -0.133. The minimum absolute atomic E-state index is 0.0945. The smallest absolute Gasteiger partial charge is 0.255 e. The normalized spacial score (nSPS) is 25.0. The lowest BCUT2D eigenvalue weighted by Crippen LogP contribution is -2.47. The molecule has 0 radical (unpaired) electrons. The maximum atomic E-state index is 12.4. The molecular weight excluding hydrogens is 306 g/mol. The van der Waals surface area contributed by atoms with E-state index >= 15 is 0 Å². The number of aryl methyl sites for hydroxylation is 1. The van der Waals surface area contributed by atoms with Gasteiger partial charge in [-0.2, -0.15) is 0 Å². The SMILES string of the molecule is Cc1occc1C(=O)NC1CCN(C(=O)C[C@@H]2CCC[C@H]2N)CC1. The third kappa shape index (κ3) is 3.80. The Balaban J connectivity index is 1.44. The molecule has 3 rings (SSSR count). The van der Waals surface area contributed by atoms with Gasteiger partial charge in [0.2, 0.25) is 5.91 Å². The number of piperidine rings is 1. The molecule has 6 heteroatoms. The first-order valence-electron chi connectivity index (χ1n) is 8.93. The molecule has 1 saturated carbocycles. The first-order chi connectivity index (χ1) is 11.5. The number of nitrogens with one attached hydrogen (secondary N) is 1. The molecule has 1 aliphatic carbocycles. The Bertz CT molecular complexity index is 590.